The molecule has 4 N–H and O–H groups in total. The van der Waals surface area contributed by atoms with Crippen LogP contribution in [0.1, 0.15) is 25.7 Å². The van der Waals surface area contributed by atoms with Crippen LogP contribution in [0.15, 0.2) is 0 Å². The highest BCUT2D eigenvalue weighted by atomic mass is 31.2. The topological polar surface area (TPSA) is 107 Å². The van der Waals surface area contributed by atoms with Crippen LogP contribution in [0.5, 0.6) is 0 Å². The number of hydrogen-bond acceptors (Lipinski definition) is 3. The molecule has 1 aliphatic carbocycles. The van der Waals surface area contributed by atoms with Crippen LogP contribution in [-0.2, 0) is 9.36 Å². The smallest absolute Gasteiger partial charge is 0.325 e. The van der Waals surface area contributed by atoms with Crippen LogP contribution in [-0.4, -0.2) is 39.6 Å². The van der Waals surface area contributed by atoms with Crippen molar-refractivity contribution in [1.82, 2.24) is 5.32 Å². The first-order valence-corrected chi connectivity index (χ1v) is 8.17. The number of carboxylic acids is 1. The minimum Gasteiger partial charge on any atom is -0.480 e. The van der Waals surface area contributed by atoms with Crippen molar-refractivity contribution in [3.63, 3.8) is 0 Å². The summed E-state index contributed by atoms with van der Waals surface area (Å²) in [6, 6.07) is -0.486. The zero-order valence-corrected chi connectivity index (χ0v) is 11.1. The maximum atomic E-state index is 11.1. The minimum absolute atomic E-state index is 0.0413. The molecular weight excluding hydrogens is 257 g/mol. The number of hydrogen-bond donors (Lipinski definition) is 4. The Balaban J connectivity index is 1.98. The molecule has 18 heavy (non-hydrogen) atoms. The normalized spacial score (nSPS) is 37.0. The average molecular weight is 277 g/mol. The van der Waals surface area contributed by atoms with Gasteiger partial charge in [-0.3, -0.25) is 9.36 Å². The van der Waals surface area contributed by atoms with Gasteiger partial charge in [-0.1, -0.05) is 0 Å². The second kappa shape index (κ2) is 5.29. The van der Waals surface area contributed by atoms with E-state index in [2.05, 4.69) is 5.32 Å². The fourth-order valence-corrected chi connectivity index (χ4v) is 4.51. The van der Waals surface area contributed by atoms with Crippen molar-refractivity contribution in [2.45, 2.75) is 31.7 Å². The molecule has 1 saturated carbocycles. The van der Waals surface area contributed by atoms with Crippen LogP contribution in [0, 0.1) is 17.8 Å². The average Bonchev–Trinajstić information content (AvgIpc) is 2.25. The number of carbonyl (C=O) groups is 1. The van der Waals surface area contributed by atoms with Gasteiger partial charge in [-0.2, -0.15) is 0 Å². The van der Waals surface area contributed by atoms with Crippen LogP contribution in [0.25, 0.3) is 0 Å². The highest BCUT2D eigenvalue weighted by Gasteiger charge is 2.41. The van der Waals surface area contributed by atoms with Gasteiger partial charge in [0, 0.05) is 0 Å². The van der Waals surface area contributed by atoms with Gasteiger partial charge < -0.3 is 20.2 Å². The molecule has 2 rings (SSSR count). The molecular formula is C11H20NO5P. The number of piperidine rings is 1. The molecule has 2 aliphatic rings. The van der Waals surface area contributed by atoms with E-state index in [4.69, 9.17) is 14.9 Å². The molecule has 0 aromatic rings. The van der Waals surface area contributed by atoms with Crippen molar-refractivity contribution in [3.8, 4) is 0 Å². The van der Waals surface area contributed by atoms with Gasteiger partial charge in [0.1, 0.15) is 6.04 Å². The van der Waals surface area contributed by atoms with Crippen molar-refractivity contribution in [1.29, 1.82) is 0 Å². The van der Waals surface area contributed by atoms with E-state index >= 15 is 0 Å². The molecule has 0 aromatic carbocycles. The zero-order chi connectivity index (χ0) is 13.3. The standard InChI is InChI=1S/C11H20NO5P/c13-11(14)10-9-2-1-7(6-18(15,16)17)5-8(9)3-4-12-10/h7-10,12H,1-6H2,(H,13,14)(H2,15,16,17)/t7?,8-,9+,10+/m1/s1. The molecule has 4 atom stereocenters. The second-order valence-electron chi connectivity index (χ2n) is 5.51. The molecule has 0 aromatic heterocycles. The van der Waals surface area contributed by atoms with Crippen LogP contribution >= 0.6 is 7.60 Å². The largest absolute Gasteiger partial charge is 0.480 e. The van der Waals surface area contributed by atoms with Crippen LogP contribution in [0.2, 0.25) is 0 Å². The lowest BCUT2D eigenvalue weighted by atomic mass is 9.68. The van der Waals surface area contributed by atoms with Gasteiger partial charge >= 0.3 is 13.6 Å². The summed E-state index contributed by atoms with van der Waals surface area (Å²) in [5.41, 5.74) is 0. The third kappa shape index (κ3) is 3.32. The lowest BCUT2D eigenvalue weighted by Gasteiger charge is -2.42. The van der Waals surface area contributed by atoms with Crippen LogP contribution in [0.3, 0.4) is 0 Å². The van der Waals surface area contributed by atoms with Crippen molar-refractivity contribution >= 4 is 13.6 Å². The van der Waals surface area contributed by atoms with Gasteiger partial charge in [0.2, 0.25) is 0 Å². The first-order chi connectivity index (χ1) is 8.37. The van der Waals surface area contributed by atoms with Gasteiger partial charge in [0.15, 0.2) is 0 Å². The maximum Gasteiger partial charge on any atom is 0.325 e. The van der Waals surface area contributed by atoms with E-state index in [9.17, 15) is 9.36 Å². The summed E-state index contributed by atoms with van der Waals surface area (Å²) in [5, 5.41) is 12.2. The Morgan fingerprint density at radius 1 is 1.28 bits per heavy atom. The first kappa shape index (κ1) is 14.0. The molecule has 1 aliphatic heterocycles. The Morgan fingerprint density at radius 2 is 2.00 bits per heavy atom. The van der Waals surface area contributed by atoms with Gasteiger partial charge in [-0.05, 0) is 50.0 Å². The molecule has 1 unspecified atom stereocenters. The first-order valence-electron chi connectivity index (χ1n) is 6.37. The molecule has 104 valence electrons. The molecule has 2 fully saturated rings. The SMILES string of the molecule is O=C(O)[C@H]1NCC[C@@H]2CC(CP(=O)(O)O)CC[C@@H]21. The predicted octanol–water partition coefficient (Wildman–Crippen LogP) is 0.643. The van der Waals surface area contributed by atoms with E-state index < -0.39 is 19.6 Å². The summed E-state index contributed by atoms with van der Waals surface area (Å²) >= 11 is 0. The molecule has 1 heterocycles. The Kier molecular flexibility index (Phi) is 4.11. The fourth-order valence-electron chi connectivity index (χ4n) is 3.50. The van der Waals surface area contributed by atoms with Gasteiger partial charge in [0.25, 0.3) is 0 Å². The van der Waals surface area contributed by atoms with E-state index in [0.29, 0.717) is 6.54 Å². The lowest BCUT2D eigenvalue weighted by Crippen LogP contribution is -2.52. The molecule has 7 heteroatoms. The maximum absolute atomic E-state index is 11.1. The highest BCUT2D eigenvalue weighted by molar-refractivity contribution is 7.51. The Morgan fingerprint density at radius 3 is 2.61 bits per heavy atom. The summed E-state index contributed by atoms with van der Waals surface area (Å²) in [6.07, 6.45) is 3.08. The third-order valence-corrected chi connectivity index (χ3v) is 5.21. The number of nitrogens with one attached hydrogen (secondary N) is 1. The summed E-state index contributed by atoms with van der Waals surface area (Å²) in [4.78, 5) is 29.2. The van der Waals surface area contributed by atoms with E-state index in [1.54, 1.807) is 0 Å². The van der Waals surface area contributed by atoms with Gasteiger partial charge in [0.05, 0.1) is 6.16 Å². The molecule has 0 radical (unpaired) electrons. The summed E-state index contributed by atoms with van der Waals surface area (Å²) in [6.45, 7) is 0.681. The van der Waals surface area contributed by atoms with Gasteiger partial charge in [-0.15, -0.1) is 0 Å². The summed E-state index contributed by atoms with van der Waals surface area (Å²) < 4.78 is 11.0. The number of fused-ring (bicyclic) bond motifs is 1. The monoisotopic (exact) mass is 277 g/mol. The van der Waals surface area contributed by atoms with Crippen molar-refractivity contribution in [2.24, 2.45) is 17.8 Å². The molecule has 0 bridgehead atoms. The fraction of sp³-hybridized carbons (Fsp3) is 0.909. The van der Waals surface area contributed by atoms with E-state index in [1.807, 2.05) is 0 Å². The van der Waals surface area contributed by atoms with Crippen LogP contribution < -0.4 is 5.32 Å². The summed E-state index contributed by atoms with van der Waals surface area (Å²) in [7, 11) is -3.95. The summed E-state index contributed by atoms with van der Waals surface area (Å²) in [5.74, 6) is -0.361. The Labute approximate surface area is 106 Å². The third-order valence-electron chi connectivity index (χ3n) is 4.22. The molecule has 0 spiro atoms. The van der Waals surface area contributed by atoms with Gasteiger partial charge in [-0.25, -0.2) is 0 Å². The molecule has 0 amide bonds. The van der Waals surface area contributed by atoms with E-state index in [0.717, 1.165) is 25.7 Å². The molecule has 1 saturated heterocycles. The Bertz CT molecular complexity index is 368. The van der Waals surface area contributed by atoms with E-state index in [-0.39, 0.29) is 23.9 Å². The number of rotatable bonds is 3. The molecule has 6 nitrogen and oxygen atoms in total. The predicted molar refractivity (Wildman–Crippen MR) is 65.3 cm³/mol. The zero-order valence-electron chi connectivity index (χ0n) is 10.2. The number of carboxylic acid groups (broad SMARTS) is 1. The van der Waals surface area contributed by atoms with E-state index in [1.165, 1.54) is 0 Å². The lowest BCUT2D eigenvalue weighted by molar-refractivity contribution is -0.143. The Hall–Kier alpha value is -0.420. The van der Waals surface area contributed by atoms with Crippen molar-refractivity contribution in [2.75, 3.05) is 12.7 Å². The second-order valence-corrected chi connectivity index (χ2v) is 7.20. The van der Waals surface area contributed by atoms with Crippen molar-refractivity contribution < 1.29 is 24.3 Å². The quantitative estimate of drug-likeness (QED) is 0.564. The highest BCUT2D eigenvalue weighted by Crippen LogP contribution is 2.46. The van der Waals surface area contributed by atoms with Crippen molar-refractivity contribution in [3.05, 3.63) is 0 Å². The van der Waals surface area contributed by atoms with Crippen LogP contribution in [0.4, 0.5) is 0 Å². The number of aliphatic carboxylic acids is 1. The minimum atomic E-state index is -3.95.